The number of ether oxygens (including phenoxy) is 1. The van der Waals surface area contributed by atoms with Gasteiger partial charge in [-0.15, -0.1) is 0 Å². The summed E-state index contributed by atoms with van der Waals surface area (Å²) in [5, 5.41) is 17.7. The van der Waals surface area contributed by atoms with Gasteiger partial charge < -0.3 is 14.8 Å². The number of aromatic nitrogens is 2. The maximum absolute atomic E-state index is 14.4. The van der Waals surface area contributed by atoms with Crippen LogP contribution in [0.1, 0.15) is 73.6 Å². The third-order valence-electron chi connectivity index (χ3n) is 8.28. The van der Waals surface area contributed by atoms with Gasteiger partial charge in [0.05, 0.1) is 29.2 Å². The van der Waals surface area contributed by atoms with Crippen molar-refractivity contribution in [3.05, 3.63) is 77.4 Å². The second kappa shape index (κ2) is 11.3. The topological polar surface area (TPSA) is 94.0 Å². The lowest BCUT2D eigenvalue weighted by Gasteiger charge is -2.33. The molecule has 0 spiro atoms. The number of carbonyl (C=O) groups excluding carboxylic acids is 1. The molecule has 1 aromatic heterocycles. The number of H-pyrrole nitrogens is 1. The zero-order chi connectivity index (χ0) is 26.8. The monoisotopic (exact) mass is 527 g/mol. The lowest BCUT2D eigenvalue weighted by Crippen LogP contribution is -2.45. The average molecular weight is 528 g/mol. The van der Waals surface area contributed by atoms with Crippen LogP contribution in [0.5, 0.6) is 0 Å². The number of nitrogens with zero attached hydrogens (tertiary/aromatic N) is 4. The van der Waals surface area contributed by atoms with Gasteiger partial charge in [-0.2, -0.15) is 5.10 Å². The van der Waals surface area contributed by atoms with Gasteiger partial charge in [0, 0.05) is 43.5 Å². The van der Waals surface area contributed by atoms with Gasteiger partial charge in [0.2, 0.25) is 0 Å². The van der Waals surface area contributed by atoms with Crippen LogP contribution in [0.2, 0.25) is 0 Å². The predicted octanol–water partition coefficient (Wildman–Crippen LogP) is 6.03. The average Bonchev–Trinajstić information content (AvgIpc) is 3.44. The lowest BCUT2D eigenvalue weighted by atomic mass is 9.82. The van der Waals surface area contributed by atoms with Crippen molar-refractivity contribution in [3.63, 3.8) is 0 Å². The molecule has 1 saturated carbocycles. The first-order chi connectivity index (χ1) is 19.1. The van der Waals surface area contributed by atoms with Gasteiger partial charge in [-0.1, -0.05) is 43.5 Å². The Bertz CT molecular complexity index is 1310. The number of aromatic amines is 1. The molecule has 39 heavy (non-hydrogen) atoms. The molecule has 0 bridgehead atoms. The summed E-state index contributed by atoms with van der Waals surface area (Å²) < 4.78 is 5.63. The molecule has 8 heteroatoms. The minimum absolute atomic E-state index is 0.00265. The summed E-state index contributed by atoms with van der Waals surface area (Å²) in [5.41, 5.74) is 5.59. The number of aryl methyl sites for hydroxylation is 1. The van der Waals surface area contributed by atoms with Crippen molar-refractivity contribution in [1.29, 1.82) is 0 Å². The zero-order valence-corrected chi connectivity index (χ0v) is 22.6. The summed E-state index contributed by atoms with van der Waals surface area (Å²) in [7, 11) is 0. The highest BCUT2D eigenvalue weighted by atomic mass is 16.5. The van der Waals surface area contributed by atoms with Crippen LogP contribution in [0, 0.1) is 12.8 Å². The van der Waals surface area contributed by atoms with Crippen molar-refractivity contribution in [2.24, 2.45) is 11.0 Å². The highest BCUT2D eigenvalue weighted by Crippen LogP contribution is 2.39. The molecule has 2 aliphatic heterocycles. The Morgan fingerprint density at radius 1 is 1.05 bits per heavy atom. The smallest absolute Gasteiger partial charge is 0.349 e. The van der Waals surface area contributed by atoms with Crippen LogP contribution in [-0.4, -0.2) is 51.1 Å². The number of aliphatic hydroxyl groups excluding tert-OH is 1. The van der Waals surface area contributed by atoms with E-state index in [9.17, 15) is 9.90 Å². The van der Waals surface area contributed by atoms with Crippen molar-refractivity contribution in [3.8, 4) is 0 Å². The largest absolute Gasteiger partial charge is 0.388 e. The van der Waals surface area contributed by atoms with Crippen LogP contribution in [-0.2, 0) is 11.2 Å². The molecule has 3 aromatic rings. The number of imidazole rings is 1. The number of benzene rings is 2. The Kier molecular flexibility index (Phi) is 7.48. The first-order valence-electron chi connectivity index (χ1n) is 14.3. The van der Waals surface area contributed by atoms with Crippen molar-refractivity contribution < 1.29 is 14.6 Å². The van der Waals surface area contributed by atoms with Crippen LogP contribution in [0.4, 0.5) is 16.2 Å². The van der Waals surface area contributed by atoms with Gasteiger partial charge in [-0.05, 0) is 61.9 Å². The first kappa shape index (κ1) is 25.8. The molecule has 2 aromatic carbocycles. The minimum Gasteiger partial charge on any atom is -0.388 e. The van der Waals surface area contributed by atoms with E-state index in [2.05, 4.69) is 35.1 Å². The molecular formula is C31H37N5O3. The number of fused-ring (bicyclic) bond motifs is 1. The molecular weight excluding hydrogens is 490 g/mol. The number of anilines is 2. The second-order valence-corrected chi connectivity index (χ2v) is 11.0. The van der Waals surface area contributed by atoms with E-state index in [0.717, 1.165) is 65.3 Å². The Balaban J connectivity index is 1.40. The first-order valence-corrected chi connectivity index (χ1v) is 14.3. The summed E-state index contributed by atoms with van der Waals surface area (Å²) in [4.78, 5) is 23.5. The normalized spacial score (nSPS) is 19.9. The molecule has 0 radical (unpaired) electrons. The Hall–Kier alpha value is -3.49. The molecule has 1 atom stereocenters. The highest BCUT2D eigenvalue weighted by molar-refractivity contribution is 6.14. The fraction of sp³-hybridized carbons (Fsp3) is 0.452. The molecule has 8 nitrogen and oxygen atoms in total. The van der Waals surface area contributed by atoms with E-state index < -0.39 is 6.10 Å². The van der Waals surface area contributed by atoms with E-state index in [-0.39, 0.29) is 12.1 Å². The van der Waals surface area contributed by atoms with E-state index in [0.29, 0.717) is 25.6 Å². The number of rotatable bonds is 6. The summed E-state index contributed by atoms with van der Waals surface area (Å²) >= 11 is 0. The van der Waals surface area contributed by atoms with Crippen molar-refractivity contribution >= 4 is 23.1 Å². The fourth-order valence-electron chi connectivity index (χ4n) is 6.11. The van der Waals surface area contributed by atoms with Gasteiger partial charge in [-0.25, -0.2) is 14.8 Å². The minimum atomic E-state index is -0.695. The molecule has 3 aliphatic rings. The maximum atomic E-state index is 14.4. The zero-order valence-electron chi connectivity index (χ0n) is 22.6. The number of urea groups is 1. The molecule has 2 fully saturated rings. The van der Waals surface area contributed by atoms with E-state index >= 15 is 0 Å². The van der Waals surface area contributed by atoms with E-state index in [1.165, 1.54) is 19.3 Å². The van der Waals surface area contributed by atoms with Crippen molar-refractivity contribution in [2.45, 2.75) is 70.4 Å². The molecule has 1 unspecified atom stereocenters. The molecule has 3 heterocycles. The third kappa shape index (κ3) is 5.36. The van der Waals surface area contributed by atoms with Crippen LogP contribution >= 0.6 is 0 Å². The molecule has 1 saturated heterocycles. The Morgan fingerprint density at radius 2 is 1.82 bits per heavy atom. The van der Waals surface area contributed by atoms with Crippen molar-refractivity contribution in [1.82, 2.24) is 15.0 Å². The molecule has 2 amide bonds. The summed E-state index contributed by atoms with van der Waals surface area (Å²) in [6.07, 6.45) is 10.5. The summed E-state index contributed by atoms with van der Waals surface area (Å²) in [6.45, 7) is 3.34. The number of hydrogen-bond donors (Lipinski definition) is 2. The molecule has 1 aliphatic carbocycles. The van der Waals surface area contributed by atoms with E-state index in [1.54, 1.807) is 17.4 Å². The SMILES string of the molecule is Cc1ccc2c(c1)N(c1ccc(C(O)Cc3ncc[nH]3)cc1)C(=O)N(C1CCOCC1)N=C2C1CCCCC1. The number of hydrazone groups is 1. The second-order valence-electron chi connectivity index (χ2n) is 11.0. The van der Waals surface area contributed by atoms with Crippen LogP contribution < -0.4 is 4.90 Å². The van der Waals surface area contributed by atoms with Gasteiger partial charge in [0.25, 0.3) is 0 Å². The number of nitrogens with one attached hydrogen (secondary N) is 1. The lowest BCUT2D eigenvalue weighted by molar-refractivity contribution is 0.0480. The quantitative estimate of drug-likeness (QED) is 0.409. The van der Waals surface area contributed by atoms with Crippen molar-refractivity contribution in [2.75, 3.05) is 18.1 Å². The number of aliphatic hydroxyl groups is 1. The maximum Gasteiger partial charge on any atom is 0.349 e. The number of hydrogen-bond acceptors (Lipinski definition) is 5. The van der Waals surface area contributed by atoms with Gasteiger partial charge in [0.15, 0.2) is 0 Å². The summed E-state index contributed by atoms with van der Waals surface area (Å²) in [6, 6.07) is 13.9. The third-order valence-corrected chi connectivity index (χ3v) is 8.28. The Labute approximate surface area is 229 Å². The van der Waals surface area contributed by atoms with Crippen LogP contribution in [0.3, 0.4) is 0 Å². The van der Waals surface area contributed by atoms with Gasteiger partial charge in [0.1, 0.15) is 5.82 Å². The highest BCUT2D eigenvalue weighted by Gasteiger charge is 2.37. The Morgan fingerprint density at radius 3 is 2.54 bits per heavy atom. The van der Waals surface area contributed by atoms with E-state index in [1.807, 2.05) is 29.2 Å². The molecule has 204 valence electrons. The number of amides is 2. The fourth-order valence-corrected chi connectivity index (χ4v) is 6.11. The van der Waals surface area contributed by atoms with Crippen LogP contribution in [0.25, 0.3) is 0 Å². The van der Waals surface area contributed by atoms with Gasteiger partial charge >= 0.3 is 6.03 Å². The van der Waals surface area contributed by atoms with E-state index in [4.69, 9.17) is 9.84 Å². The number of carbonyl (C=O) groups is 1. The van der Waals surface area contributed by atoms with Crippen LogP contribution in [0.15, 0.2) is 60.0 Å². The summed E-state index contributed by atoms with van der Waals surface area (Å²) in [5.74, 6) is 1.08. The predicted molar refractivity (Wildman–Crippen MR) is 151 cm³/mol. The molecule has 2 N–H and O–H groups in total. The van der Waals surface area contributed by atoms with Gasteiger partial charge in [-0.3, -0.25) is 4.90 Å². The standard InChI is InChI=1S/C31H37N5O3/c1-21-7-12-26-27(19-21)35(24-10-8-22(9-11-24)28(37)20-29-32-15-16-33-29)31(38)36(25-13-17-39-18-14-25)34-30(26)23-5-3-2-4-6-23/h7-12,15-16,19,23,25,28,37H,2-6,13-14,17-18,20H2,1H3,(H,32,33). The molecule has 6 rings (SSSR count).